The van der Waals surface area contributed by atoms with Gasteiger partial charge in [-0.05, 0) is 41.6 Å². The predicted octanol–water partition coefficient (Wildman–Crippen LogP) is 2.29. The third kappa shape index (κ3) is 5.61. The van der Waals surface area contributed by atoms with Gasteiger partial charge >= 0.3 is 11.8 Å². The summed E-state index contributed by atoms with van der Waals surface area (Å²) in [4.78, 5) is 24.2. The van der Waals surface area contributed by atoms with Crippen LogP contribution in [-0.4, -0.2) is 33.3 Å². The maximum Gasteiger partial charge on any atom is 0.309 e. The van der Waals surface area contributed by atoms with Crippen molar-refractivity contribution in [1.29, 1.82) is 0 Å². The first kappa shape index (κ1) is 21.0. The highest BCUT2D eigenvalue weighted by Crippen LogP contribution is 2.31. The van der Waals surface area contributed by atoms with Crippen molar-refractivity contribution < 1.29 is 22.4 Å². The minimum absolute atomic E-state index is 0.0548. The standard InChI is InChI=1S/C18H21FN2O4S2/c1-12(2)10-20-17(22)18(23)21-11-16(15-4-3-9-26-15)27(24,25)14-7-5-13(19)6-8-14/h3-9,12,16H,10-11H2,1-2H3,(H,20,22)(H,21,23)/t16-/m0/s1. The van der Waals surface area contributed by atoms with E-state index in [4.69, 9.17) is 0 Å². The van der Waals surface area contributed by atoms with Crippen LogP contribution >= 0.6 is 11.3 Å². The second-order valence-corrected chi connectivity index (χ2v) is 9.43. The summed E-state index contributed by atoms with van der Waals surface area (Å²) in [6.45, 7) is 3.85. The molecule has 146 valence electrons. The molecule has 0 aliphatic heterocycles. The molecule has 2 amide bonds. The van der Waals surface area contributed by atoms with Crippen LogP contribution in [0.25, 0.3) is 0 Å². The quantitative estimate of drug-likeness (QED) is 0.539. The van der Waals surface area contributed by atoms with E-state index in [0.717, 1.165) is 12.1 Å². The highest BCUT2D eigenvalue weighted by molar-refractivity contribution is 7.91. The van der Waals surface area contributed by atoms with Gasteiger partial charge in [-0.15, -0.1) is 11.3 Å². The van der Waals surface area contributed by atoms with Crippen LogP contribution < -0.4 is 10.6 Å². The summed E-state index contributed by atoms with van der Waals surface area (Å²) in [5.74, 6) is -2.07. The van der Waals surface area contributed by atoms with Crippen LogP contribution in [0, 0.1) is 11.7 Å². The summed E-state index contributed by atoms with van der Waals surface area (Å²) in [7, 11) is -3.89. The van der Waals surface area contributed by atoms with Gasteiger partial charge in [0.25, 0.3) is 0 Å². The first-order chi connectivity index (χ1) is 12.7. The molecule has 2 N–H and O–H groups in total. The third-order valence-corrected chi connectivity index (χ3v) is 6.94. The Balaban J connectivity index is 2.17. The van der Waals surface area contributed by atoms with E-state index < -0.39 is 32.7 Å². The Labute approximate surface area is 161 Å². The molecular weight excluding hydrogens is 391 g/mol. The van der Waals surface area contributed by atoms with Crippen LogP contribution in [-0.2, 0) is 19.4 Å². The molecule has 0 spiro atoms. The van der Waals surface area contributed by atoms with Crippen LogP contribution in [0.15, 0.2) is 46.7 Å². The lowest BCUT2D eigenvalue weighted by Gasteiger charge is -2.17. The van der Waals surface area contributed by atoms with Gasteiger partial charge in [0.15, 0.2) is 9.84 Å². The van der Waals surface area contributed by atoms with Gasteiger partial charge in [-0.3, -0.25) is 9.59 Å². The zero-order chi connectivity index (χ0) is 20.0. The summed E-state index contributed by atoms with van der Waals surface area (Å²) in [5.41, 5.74) is 0. The Bertz CT molecular complexity index is 879. The van der Waals surface area contributed by atoms with E-state index in [9.17, 15) is 22.4 Å². The lowest BCUT2D eigenvalue weighted by Crippen LogP contribution is -2.43. The molecule has 1 heterocycles. The molecule has 2 rings (SSSR count). The molecule has 1 atom stereocenters. The van der Waals surface area contributed by atoms with Gasteiger partial charge in [-0.2, -0.15) is 0 Å². The fourth-order valence-electron chi connectivity index (χ4n) is 2.27. The number of sulfone groups is 1. The van der Waals surface area contributed by atoms with Gasteiger partial charge in [-0.1, -0.05) is 19.9 Å². The predicted molar refractivity (Wildman–Crippen MR) is 102 cm³/mol. The number of hydrogen-bond donors (Lipinski definition) is 2. The fourth-order valence-corrected chi connectivity index (χ4v) is 5.05. The SMILES string of the molecule is CC(C)CNC(=O)C(=O)NC[C@@H](c1cccs1)S(=O)(=O)c1ccc(F)cc1. The number of hydrogen-bond acceptors (Lipinski definition) is 5. The smallest absolute Gasteiger partial charge is 0.309 e. The molecule has 6 nitrogen and oxygen atoms in total. The molecule has 9 heteroatoms. The van der Waals surface area contributed by atoms with Crippen molar-refractivity contribution in [2.75, 3.05) is 13.1 Å². The van der Waals surface area contributed by atoms with Crippen molar-refractivity contribution in [1.82, 2.24) is 10.6 Å². The summed E-state index contributed by atoms with van der Waals surface area (Å²) in [6.07, 6.45) is 0. The van der Waals surface area contributed by atoms with Crippen molar-refractivity contribution in [3.63, 3.8) is 0 Å². The van der Waals surface area contributed by atoms with E-state index in [0.29, 0.717) is 11.4 Å². The zero-order valence-electron chi connectivity index (χ0n) is 14.9. The Morgan fingerprint density at radius 3 is 2.15 bits per heavy atom. The van der Waals surface area contributed by atoms with Crippen LogP contribution in [0.2, 0.25) is 0 Å². The fraction of sp³-hybridized carbons (Fsp3) is 0.333. The van der Waals surface area contributed by atoms with E-state index in [-0.39, 0.29) is 17.4 Å². The molecule has 27 heavy (non-hydrogen) atoms. The molecule has 0 bridgehead atoms. The summed E-state index contributed by atoms with van der Waals surface area (Å²) >= 11 is 1.22. The topological polar surface area (TPSA) is 92.3 Å². The van der Waals surface area contributed by atoms with Gasteiger partial charge < -0.3 is 10.6 Å². The van der Waals surface area contributed by atoms with Crippen molar-refractivity contribution in [2.24, 2.45) is 5.92 Å². The second-order valence-electron chi connectivity index (χ2n) is 6.32. The number of halogens is 1. The zero-order valence-corrected chi connectivity index (χ0v) is 16.6. The van der Waals surface area contributed by atoms with Gasteiger partial charge in [0.2, 0.25) is 0 Å². The molecule has 0 aliphatic carbocycles. The molecule has 0 saturated heterocycles. The molecular formula is C18H21FN2O4S2. The second kappa shape index (κ2) is 9.09. The van der Waals surface area contributed by atoms with E-state index in [1.165, 1.54) is 23.5 Å². The minimum Gasteiger partial charge on any atom is -0.348 e. The molecule has 0 aliphatic rings. The van der Waals surface area contributed by atoms with E-state index in [2.05, 4.69) is 10.6 Å². The number of benzene rings is 1. The van der Waals surface area contributed by atoms with Crippen LogP contribution in [0.3, 0.4) is 0 Å². The van der Waals surface area contributed by atoms with E-state index in [1.807, 2.05) is 13.8 Å². The average Bonchev–Trinajstić information content (AvgIpc) is 3.14. The Morgan fingerprint density at radius 2 is 1.63 bits per heavy atom. The first-order valence-electron chi connectivity index (χ1n) is 8.30. The molecule has 1 aromatic heterocycles. The highest BCUT2D eigenvalue weighted by Gasteiger charge is 2.31. The summed E-state index contributed by atoms with van der Waals surface area (Å²) < 4.78 is 39.1. The number of amides is 2. The number of thiophene rings is 1. The molecule has 0 radical (unpaired) electrons. The monoisotopic (exact) mass is 412 g/mol. The minimum atomic E-state index is -3.89. The normalized spacial score (nSPS) is 12.6. The van der Waals surface area contributed by atoms with Gasteiger partial charge in [-0.25, -0.2) is 12.8 Å². The number of carbonyl (C=O) groups is 2. The van der Waals surface area contributed by atoms with Crippen LogP contribution in [0.1, 0.15) is 24.0 Å². The van der Waals surface area contributed by atoms with Gasteiger partial charge in [0.1, 0.15) is 11.1 Å². The van der Waals surface area contributed by atoms with Crippen LogP contribution in [0.4, 0.5) is 4.39 Å². The van der Waals surface area contributed by atoms with Crippen molar-refractivity contribution in [2.45, 2.75) is 24.0 Å². The van der Waals surface area contributed by atoms with Crippen molar-refractivity contribution in [3.05, 3.63) is 52.5 Å². The average molecular weight is 413 g/mol. The lowest BCUT2D eigenvalue weighted by atomic mass is 10.2. The van der Waals surface area contributed by atoms with Gasteiger partial charge in [0, 0.05) is 18.0 Å². The summed E-state index contributed by atoms with van der Waals surface area (Å²) in [6, 6.07) is 7.84. The largest absolute Gasteiger partial charge is 0.348 e. The molecule has 2 aromatic rings. The number of nitrogens with one attached hydrogen (secondary N) is 2. The third-order valence-electron chi connectivity index (χ3n) is 3.70. The number of carbonyl (C=O) groups excluding carboxylic acids is 2. The Kier molecular flexibility index (Phi) is 7.09. The van der Waals surface area contributed by atoms with Gasteiger partial charge in [0.05, 0.1) is 4.90 Å². The maximum atomic E-state index is 13.1. The molecule has 0 saturated carbocycles. The van der Waals surface area contributed by atoms with E-state index >= 15 is 0 Å². The molecule has 1 aromatic carbocycles. The summed E-state index contributed by atoms with van der Waals surface area (Å²) in [5, 5.41) is 5.50. The van der Waals surface area contributed by atoms with Crippen LogP contribution in [0.5, 0.6) is 0 Å². The first-order valence-corrected chi connectivity index (χ1v) is 10.7. The lowest BCUT2D eigenvalue weighted by molar-refractivity contribution is -0.139. The number of rotatable bonds is 7. The van der Waals surface area contributed by atoms with Crippen molar-refractivity contribution >= 4 is 33.0 Å². The Morgan fingerprint density at radius 1 is 1.04 bits per heavy atom. The Hall–Kier alpha value is -2.26. The highest BCUT2D eigenvalue weighted by atomic mass is 32.2. The molecule has 0 unspecified atom stereocenters. The molecule has 0 fully saturated rings. The van der Waals surface area contributed by atoms with Crippen molar-refractivity contribution in [3.8, 4) is 0 Å². The van der Waals surface area contributed by atoms with E-state index in [1.54, 1.807) is 17.5 Å². The maximum absolute atomic E-state index is 13.1.